The second kappa shape index (κ2) is 21.2. The van der Waals surface area contributed by atoms with Gasteiger partial charge >= 0.3 is 33.0 Å². The van der Waals surface area contributed by atoms with Gasteiger partial charge in [-0.15, -0.1) is 11.1 Å². The molecule has 0 saturated heterocycles. The van der Waals surface area contributed by atoms with E-state index in [9.17, 15) is 10.2 Å². The minimum atomic E-state index is -0.250. The summed E-state index contributed by atoms with van der Waals surface area (Å²) in [5.41, 5.74) is 15.8. The summed E-state index contributed by atoms with van der Waals surface area (Å²) in [4.78, 5) is 1.30. The Kier molecular flexibility index (Phi) is 23.0. The van der Waals surface area contributed by atoms with Crippen molar-refractivity contribution in [2.24, 2.45) is 0 Å². The van der Waals surface area contributed by atoms with Crippen LogP contribution in [0.4, 0.5) is 0 Å². The van der Waals surface area contributed by atoms with E-state index in [0.717, 1.165) is 12.8 Å². The second-order valence-electron chi connectivity index (χ2n) is 14.6. The van der Waals surface area contributed by atoms with Crippen LogP contribution in [0.15, 0.2) is 46.2 Å². The summed E-state index contributed by atoms with van der Waals surface area (Å²) in [5, 5.41) is 25.2. The third kappa shape index (κ3) is 22.5. The van der Waals surface area contributed by atoms with Crippen LogP contribution in [-0.4, -0.2) is 11.1 Å². The molecule has 43 heavy (non-hydrogen) atoms. The van der Waals surface area contributed by atoms with Crippen molar-refractivity contribution in [1.82, 2.24) is 0 Å². The molecule has 0 fully saturated rings. The van der Waals surface area contributed by atoms with Gasteiger partial charge in [0.1, 0.15) is 0 Å². The number of nitrogens with one attached hydrogen (secondary N) is 2. The molecule has 0 unspecified atom stereocenters. The smallest absolute Gasteiger partial charge is 0.872 e. The number of rotatable bonds is 12. The Morgan fingerprint density at radius 2 is 0.837 bits per heavy atom. The fourth-order valence-electron chi connectivity index (χ4n) is 4.06. The van der Waals surface area contributed by atoms with Crippen LogP contribution < -0.4 is 10.2 Å². The SMILES string of the molecule is CC(C)(C)[NH-].CC(C)(C)[NH-].CCCCCC(C)(C)c1ccc([O-])c(Sc2cc(C(C)(C)CCCCC)ccc2[O-])c1.[Ni+2].[Ni+2]. The third-order valence-electron chi connectivity index (χ3n) is 6.48. The van der Waals surface area contributed by atoms with Gasteiger partial charge in [-0.3, -0.25) is 0 Å². The standard InChI is InChI=1S/C28H42O2S.2C4H10N.2Ni/c1-7-9-11-17-27(3,4)21-13-15-23(29)25(19-21)31-26-20-22(14-16-24(26)30)28(5,6)18-12-10-8-2;2*1-4(2,3)5;;/h13-16,19-20,29-30H,7-12,17-18H2,1-6H3;2*5H,1-3H3;;/q;2*-1;2*+2/p-2. The number of hydrogen-bond donors (Lipinski definition) is 0. The van der Waals surface area contributed by atoms with Crippen molar-refractivity contribution in [1.29, 1.82) is 0 Å². The van der Waals surface area contributed by atoms with E-state index in [1.54, 1.807) is 12.1 Å². The van der Waals surface area contributed by atoms with Crippen LogP contribution in [-0.2, 0) is 43.8 Å². The molecule has 0 aliphatic heterocycles. The average molecular weight is 702 g/mol. The van der Waals surface area contributed by atoms with Gasteiger partial charge < -0.3 is 21.7 Å². The first kappa shape index (κ1) is 46.7. The maximum absolute atomic E-state index is 12.6. The van der Waals surface area contributed by atoms with Gasteiger partial charge in [0.25, 0.3) is 0 Å². The van der Waals surface area contributed by atoms with Crippen molar-refractivity contribution in [3.05, 3.63) is 59.0 Å². The topological polar surface area (TPSA) is 93.7 Å². The molecule has 0 aromatic heterocycles. The number of unbranched alkanes of at least 4 members (excludes halogenated alkanes) is 4. The molecule has 0 heterocycles. The molecule has 0 amide bonds. The Labute approximate surface area is 290 Å². The Morgan fingerprint density at radius 1 is 0.558 bits per heavy atom. The van der Waals surface area contributed by atoms with Gasteiger partial charge in [-0.1, -0.05) is 169 Å². The van der Waals surface area contributed by atoms with Gasteiger partial charge in [-0.05, 0) is 46.9 Å². The van der Waals surface area contributed by atoms with Crippen molar-refractivity contribution in [3.8, 4) is 11.5 Å². The summed E-state index contributed by atoms with van der Waals surface area (Å²) in [6.45, 7) is 24.5. The quantitative estimate of drug-likeness (QED) is 0.163. The van der Waals surface area contributed by atoms with Crippen LogP contribution in [0.3, 0.4) is 0 Å². The monoisotopic (exact) mass is 700 g/mol. The van der Waals surface area contributed by atoms with E-state index in [1.165, 1.54) is 61.4 Å². The molecule has 0 saturated carbocycles. The molecule has 7 heteroatoms. The maximum Gasteiger partial charge on any atom is 2.00 e. The molecule has 252 valence electrons. The average Bonchev–Trinajstić information content (AvgIpc) is 2.79. The van der Waals surface area contributed by atoms with Crippen LogP contribution in [0, 0.1) is 0 Å². The molecule has 2 aromatic carbocycles. The summed E-state index contributed by atoms with van der Waals surface area (Å²) < 4.78 is 0. The van der Waals surface area contributed by atoms with Crippen LogP contribution >= 0.6 is 11.8 Å². The summed E-state index contributed by atoms with van der Waals surface area (Å²) in [5.74, 6) is -0.0183. The summed E-state index contributed by atoms with van der Waals surface area (Å²) in [6, 6.07) is 11.3. The molecule has 0 spiro atoms. The Balaban J connectivity index is -0.00000115. The van der Waals surface area contributed by atoms with Gasteiger partial charge in [0.05, 0.1) is 0 Å². The van der Waals surface area contributed by atoms with Crippen LogP contribution in [0.1, 0.15) is 146 Å². The summed E-state index contributed by atoms with van der Waals surface area (Å²) in [6.07, 6.45) is 9.42. The van der Waals surface area contributed by atoms with Crippen LogP contribution in [0.5, 0.6) is 11.5 Å². The Hall–Kier alpha value is -0.703. The van der Waals surface area contributed by atoms with Crippen LogP contribution in [0.2, 0.25) is 0 Å². The van der Waals surface area contributed by atoms with E-state index >= 15 is 0 Å². The first-order valence-electron chi connectivity index (χ1n) is 15.4. The molecule has 4 nitrogen and oxygen atoms in total. The van der Waals surface area contributed by atoms with E-state index in [0.29, 0.717) is 9.79 Å². The molecular weight excluding hydrogens is 642 g/mol. The molecule has 2 aromatic rings. The van der Waals surface area contributed by atoms with Gasteiger partial charge in [0, 0.05) is 9.79 Å². The van der Waals surface area contributed by atoms with Crippen molar-refractivity contribution >= 4 is 11.8 Å². The van der Waals surface area contributed by atoms with E-state index in [2.05, 4.69) is 41.5 Å². The molecule has 0 aliphatic carbocycles. The van der Waals surface area contributed by atoms with Gasteiger partial charge in [-0.25, -0.2) is 0 Å². The van der Waals surface area contributed by atoms with E-state index in [1.807, 2.05) is 65.8 Å². The zero-order valence-electron chi connectivity index (χ0n) is 29.0. The summed E-state index contributed by atoms with van der Waals surface area (Å²) in [7, 11) is 0. The summed E-state index contributed by atoms with van der Waals surface area (Å²) >= 11 is 1.33. The van der Waals surface area contributed by atoms with Gasteiger partial charge in [0.15, 0.2) is 0 Å². The van der Waals surface area contributed by atoms with Crippen molar-refractivity contribution in [2.75, 3.05) is 0 Å². The largest absolute Gasteiger partial charge is 2.00 e. The maximum atomic E-state index is 12.6. The first-order valence-corrected chi connectivity index (χ1v) is 16.2. The van der Waals surface area contributed by atoms with Crippen molar-refractivity contribution in [3.63, 3.8) is 0 Å². The first-order chi connectivity index (χ1) is 18.6. The zero-order valence-corrected chi connectivity index (χ0v) is 31.8. The molecule has 0 radical (unpaired) electrons. The van der Waals surface area contributed by atoms with Crippen molar-refractivity contribution in [2.45, 2.75) is 166 Å². The number of hydrogen-bond acceptors (Lipinski definition) is 3. The fourth-order valence-corrected chi connectivity index (χ4v) is 5.00. The molecule has 0 bridgehead atoms. The normalized spacial score (nSPS) is 11.7. The van der Waals surface area contributed by atoms with E-state index in [4.69, 9.17) is 11.5 Å². The zero-order chi connectivity index (χ0) is 32.1. The van der Waals surface area contributed by atoms with Crippen molar-refractivity contribution < 1.29 is 43.2 Å². The molecule has 2 N–H and O–H groups in total. The third-order valence-corrected chi connectivity index (χ3v) is 7.56. The van der Waals surface area contributed by atoms with E-state index < -0.39 is 0 Å². The Bertz CT molecular complexity index is 935. The Morgan fingerprint density at radius 3 is 1.09 bits per heavy atom. The second-order valence-corrected chi connectivity index (χ2v) is 15.7. The van der Waals surface area contributed by atoms with Gasteiger partial charge in [0.2, 0.25) is 0 Å². The predicted octanol–water partition coefficient (Wildman–Crippen LogP) is 11.4. The van der Waals surface area contributed by atoms with Gasteiger partial charge in [-0.2, -0.15) is 0 Å². The molecular formula is C36H60N2Ni2O2S. The molecule has 0 atom stereocenters. The molecule has 2 rings (SSSR count). The minimum absolute atomic E-state index is 0. The van der Waals surface area contributed by atoms with E-state index in [-0.39, 0.29) is 66.4 Å². The minimum Gasteiger partial charge on any atom is -0.872 e. The fraction of sp³-hybridized carbons (Fsp3) is 0.667. The predicted molar refractivity (Wildman–Crippen MR) is 178 cm³/mol. The number of benzene rings is 2. The van der Waals surface area contributed by atoms with Crippen LogP contribution in [0.25, 0.3) is 11.5 Å². The molecule has 0 aliphatic rings.